The summed E-state index contributed by atoms with van der Waals surface area (Å²) in [5.74, 6) is -2.93. The van der Waals surface area contributed by atoms with Gasteiger partial charge in [-0.25, -0.2) is 9.29 Å². The summed E-state index contributed by atoms with van der Waals surface area (Å²) in [5.41, 5.74) is 1.61. The number of anilines is 2. The summed E-state index contributed by atoms with van der Waals surface area (Å²) >= 11 is 0. The van der Waals surface area contributed by atoms with E-state index in [-0.39, 0.29) is 23.5 Å². The number of imide groups is 1. The second kappa shape index (κ2) is 6.23. The molecule has 4 heterocycles. The molecule has 3 saturated heterocycles. The maximum atomic E-state index is 13.9. The van der Waals surface area contributed by atoms with Crippen molar-refractivity contribution in [1.29, 1.82) is 0 Å². The van der Waals surface area contributed by atoms with E-state index in [4.69, 9.17) is 0 Å². The van der Waals surface area contributed by atoms with E-state index in [1.165, 1.54) is 18.2 Å². The Balaban J connectivity index is 1.56. The summed E-state index contributed by atoms with van der Waals surface area (Å²) in [6, 6.07) is 11.2. The predicted octanol–water partition coefficient (Wildman–Crippen LogP) is 2.82. The normalized spacial score (nSPS) is 31.4. The summed E-state index contributed by atoms with van der Waals surface area (Å²) in [6.07, 6.45) is 2.43. The lowest BCUT2D eigenvalue weighted by Gasteiger charge is -2.36. The van der Waals surface area contributed by atoms with Crippen molar-refractivity contribution in [1.82, 2.24) is 4.90 Å². The monoisotopic (exact) mass is 419 g/mol. The second-order valence-electron chi connectivity index (χ2n) is 8.85. The molecule has 1 N–H and O–H groups in total. The number of fused-ring (bicyclic) bond motifs is 7. The molecule has 4 atom stereocenters. The van der Waals surface area contributed by atoms with E-state index in [1.54, 1.807) is 6.07 Å². The molecule has 0 aromatic heterocycles. The maximum absolute atomic E-state index is 13.9. The van der Waals surface area contributed by atoms with Crippen molar-refractivity contribution in [3.63, 3.8) is 0 Å². The molecule has 6 nitrogen and oxygen atoms in total. The summed E-state index contributed by atoms with van der Waals surface area (Å²) in [6.45, 7) is 2.71. The number of nitrogens with zero attached hydrogens (tertiary/aromatic N) is 2. The SMILES string of the molecule is CCc1ccc2c(c1)C1(C(=O)N2)C2C(=O)N(c3cccc(F)c3)C(=O)C2C2CCCN21. The number of carbonyl (C=O) groups excluding carboxylic acids is 3. The molecule has 0 radical (unpaired) electrons. The lowest BCUT2D eigenvalue weighted by molar-refractivity contribution is -0.135. The number of hydrogen-bond acceptors (Lipinski definition) is 4. The molecule has 31 heavy (non-hydrogen) atoms. The topological polar surface area (TPSA) is 69.7 Å². The highest BCUT2D eigenvalue weighted by Gasteiger charge is 2.74. The van der Waals surface area contributed by atoms with Crippen LogP contribution in [-0.2, 0) is 26.3 Å². The van der Waals surface area contributed by atoms with Crippen LogP contribution in [0.3, 0.4) is 0 Å². The third kappa shape index (κ3) is 2.17. The van der Waals surface area contributed by atoms with Crippen LogP contribution in [0.1, 0.15) is 30.9 Å². The van der Waals surface area contributed by atoms with E-state index in [9.17, 15) is 18.8 Å². The fraction of sp³-hybridized carbons (Fsp3) is 0.375. The minimum Gasteiger partial charge on any atom is -0.324 e. The first-order valence-corrected chi connectivity index (χ1v) is 10.8. The van der Waals surface area contributed by atoms with Gasteiger partial charge < -0.3 is 5.32 Å². The highest BCUT2D eigenvalue weighted by atomic mass is 19.1. The first-order chi connectivity index (χ1) is 15.0. The molecule has 4 aliphatic rings. The van der Waals surface area contributed by atoms with Crippen molar-refractivity contribution in [2.24, 2.45) is 11.8 Å². The molecule has 3 amide bonds. The van der Waals surface area contributed by atoms with Gasteiger partial charge in [-0.05, 0) is 55.6 Å². The van der Waals surface area contributed by atoms with Gasteiger partial charge in [0.1, 0.15) is 11.4 Å². The smallest absolute Gasteiger partial charge is 0.250 e. The van der Waals surface area contributed by atoms with Gasteiger partial charge in [0.2, 0.25) is 17.7 Å². The first-order valence-electron chi connectivity index (χ1n) is 10.8. The van der Waals surface area contributed by atoms with Gasteiger partial charge >= 0.3 is 0 Å². The molecule has 2 aromatic rings. The minimum atomic E-state index is -1.19. The Morgan fingerprint density at radius 1 is 1.13 bits per heavy atom. The number of hydrogen-bond donors (Lipinski definition) is 1. The largest absolute Gasteiger partial charge is 0.324 e. The Hall–Kier alpha value is -3.06. The second-order valence-corrected chi connectivity index (χ2v) is 8.85. The van der Waals surface area contributed by atoms with Crippen LogP contribution in [0.4, 0.5) is 15.8 Å². The zero-order valence-corrected chi connectivity index (χ0v) is 17.1. The van der Waals surface area contributed by atoms with Crippen molar-refractivity contribution in [3.05, 3.63) is 59.4 Å². The number of nitrogens with one attached hydrogen (secondary N) is 1. The highest BCUT2D eigenvalue weighted by molar-refractivity contribution is 6.25. The summed E-state index contributed by atoms with van der Waals surface area (Å²) in [5, 5.41) is 2.98. The molecule has 4 unspecified atom stereocenters. The average Bonchev–Trinajstić information content (AvgIpc) is 3.46. The third-order valence-corrected chi connectivity index (χ3v) is 7.53. The van der Waals surface area contributed by atoms with Crippen molar-refractivity contribution < 1.29 is 18.8 Å². The molecular formula is C24H22FN3O3. The standard InChI is InChI=1S/C24H22FN3O3/c1-2-13-8-9-17-16(11-13)24(23(31)26-17)20-19(18-7-4-10-27(18)24)21(29)28(22(20)30)15-6-3-5-14(25)12-15/h3,5-6,8-9,11-12,18-20H,2,4,7,10H2,1H3,(H,26,31). The van der Waals surface area contributed by atoms with Crippen LogP contribution in [0.15, 0.2) is 42.5 Å². The number of aryl methyl sites for hydroxylation is 1. The summed E-state index contributed by atoms with van der Waals surface area (Å²) in [7, 11) is 0. The van der Waals surface area contributed by atoms with Gasteiger partial charge in [-0.2, -0.15) is 0 Å². The predicted molar refractivity (Wildman–Crippen MR) is 112 cm³/mol. The van der Waals surface area contributed by atoms with E-state index < -0.39 is 29.1 Å². The van der Waals surface area contributed by atoms with Gasteiger partial charge in [-0.3, -0.25) is 19.3 Å². The van der Waals surface area contributed by atoms with Crippen LogP contribution in [0.5, 0.6) is 0 Å². The highest BCUT2D eigenvalue weighted by Crippen LogP contribution is 2.60. The lowest BCUT2D eigenvalue weighted by atomic mass is 9.75. The van der Waals surface area contributed by atoms with Crippen LogP contribution in [-0.4, -0.2) is 35.2 Å². The van der Waals surface area contributed by atoms with Crippen LogP contribution < -0.4 is 10.2 Å². The van der Waals surface area contributed by atoms with Crippen LogP contribution in [0.2, 0.25) is 0 Å². The molecule has 3 fully saturated rings. The number of amides is 3. The molecule has 158 valence electrons. The first kappa shape index (κ1) is 18.7. The van der Waals surface area contributed by atoms with Crippen molar-refractivity contribution in [2.45, 2.75) is 37.8 Å². The lowest BCUT2D eigenvalue weighted by Crippen LogP contribution is -2.54. The zero-order chi connectivity index (χ0) is 21.5. The fourth-order valence-corrected chi connectivity index (χ4v) is 6.34. The molecule has 2 aromatic carbocycles. The average molecular weight is 419 g/mol. The molecule has 0 bridgehead atoms. The Bertz CT molecular complexity index is 1160. The summed E-state index contributed by atoms with van der Waals surface area (Å²) < 4.78 is 13.9. The van der Waals surface area contributed by atoms with Gasteiger partial charge in [0.05, 0.1) is 17.5 Å². The maximum Gasteiger partial charge on any atom is 0.250 e. The number of halogens is 1. The van der Waals surface area contributed by atoms with Crippen LogP contribution in [0, 0.1) is 17.7 Å². The van der Waals surface area contributed by atoms with Crippen molar-refractivity contribution >= 4 is 29.1 Å². The Labute approximate surface area is 179 Å². The Kier molecular flexibility index (Phi) is 3.76. The van der Waals surface area contributed by atoms with Crippen LogP contribution >= 0.6 is 0 Å². The molecule has 4 aliphatic heterocycles. The van der Waals surface area contributed by atoms with E-state index >= 15 is 0 Å². The molecule has 6 rings (SSSR count). The number of benzene rings is 2. The van der Waals surface area contributed by atoms with E-state index in [2.05, 4.69) is 10.2 Å². The third-order valence-electron chi connectivity index (χ3n) is 7.53. The fourth-order valence-electron chi connectivity index (χ4n) is 6.34. The van der Waals surface area contributed by atoms with E-state index in [1.807, 2.05) is 25.1 Å². The van der Waals surface area contributed by atoms with Crippen molar-refractivity contribution in [2.75, 3.05) is 16.8 Å². The van der Waals surface area contributed by atoms with Gasteiger partial charge in [0, 0.05) is 17.3 Å². The number of rotatable bonds is 2. The molecule has 0 aliphatic carbocycles. The molecular weight excluding hydrogens is 397 g/mol. The molecule has 7 heteroatoms. The van der Waals surface area contributed by atoms with Gasteiger partial charge in [-0.1, -0.05) is 25.1 Å². The molecule has 0 saturated carbocycles. The number of carbonyl (C=O) groups is 3. The zero-order valence-electron chi connectivity index (χ0n) is 17.1. The van der Waals surface area contributed by atoms with Gasteiger partial charge in [-0.15, -0.1) is 0 Å². The van der Waals surface area contributed by atoms with Crippen LogP contribution in [0.25, 0.3) is 0 Å². The van der Waals surface area contributed by atoms with Crippen molar-refractivity contribution in [3.8, 4) is 0 Å². The quantitative estimate of drug-likeness (QED) is 0.760. The van der Waals surface area contributed by atoms with E-state index in [0.29, 0.717) is 12.2 Å². The van der Waals surface area contributed by atoms with E-state index in [0.717, 1.165) is 35.3 Å². The minimum absolute atomic E-state index is 0.179. The van der Waals surface area contributed by atoms with Gasteiger partial charge in [0.25, 0.3) is 0 Å². The van der Waals surface area contributed by atoms with Gasteiger partial charge in [0.15, 0.2) is 0 Å². The summed E-state index contributed by atoms with van der Waals surface area (Å²) in [4.78, 5) is 44.1. The Morgan fingerprint density at radius 2 is 1.97 bits per heavy atom. The molecule has 1 spiro atoms. The Morgan fingerprint density at radius 3 is 2.74 bits per heavy atom.